The Kier molecular flexibility index (Phi) is 5.17. The standard InChI is InChI=1S/C21H16N8O4S/c1-33-12-17-19(21-24-16-4-2-3-5-18(16)29(21)27-17)25-26-20-13(10-22)11-23-28(20)14-6-8-15(9-7-14)34(30,31)32/h2-9,11,27H,12H2,1H3,(H,30,31,32). The normalized spacial score (nSPS) is 12.1. The van der Waals surface area contributed by atoms with E-state index in [2.05, 4.69) is 25.4 Å². The van der Waals surface area contributed by atoms with Crippen LogP contribution >= 0.6 is 0 Å². The quantitative estimate of drug-likeness (QED) is 0.279. The summed E-state index contributed by atoms with van der Waals surface area (Å²) in [4.78, 5) is 4.36. The van der Waals surface area contributed by atoms with Gasteiger partial charge in [-0.1, -0.05) is 12.1 Å². The Morgan fingerprint density at radius 1 is 1.18 bits per heavy atom. The molecule has 0 aliphatic rings. The zero-order valence-electron chi connectivity index (χ0n) is 17.6. The molecule has 34 heavy (non-hydrogen) atoms. The van der Waals surface area contributed by atoms with E-state index in [1.54, 1.807) is 11.6 Å². The molecule has 0 fully saturated rings. The van der Waals surface area contributed by atoms with Gasteiger partial charge in [0.1, 0.15) is 11.6 Å². The number of H-pyrrole nitrogens is 1. The van der Waals surface area contributed by atoms with Gasteiger partial charge in [-0.25, -0.2) is 14.2 Å². The van der Waals surface area contributed by atoms with Crippen molar-refractivity contribution in [2.24, 2.45) is 10.2 Å². The van der Waals surface area contributed by atoms with E-state index in [1.165, 1.54) is 35.1 Å². The van der Waals surface area contributed by atoms with Gasteiger partial charge < -0.3 is 4.74 Å². The predicted molar refractivity (Wildman–Crippen MR) is 120 cm³/mol. The molecule has 2 N–H and O–H groups in total. The fourth-order valence-electron chi connectivity index (χ4n) is 3.53. The lowest BCUT2D eigenvalue weighted by Gasteiger charge is -2.04. The van der Waals surface area contributed by atoms with Gasteiger partial charge in [0.15, 0.2) is 17.2 Å². The predicted octanol–water partition coefficient (Wildman–Crippen LogP) is 3.68. The number of nitrogens with zero attached hydrogens (tertiary/aromatic N) is 7. The highest BCUT2D eigenvalue weighted by molar-refractivity contribution is 7.85. The van der Waals surface area contributed by atoms with Crippen LogP contribution in [0.25, 0.3) is 22.4 Å². The smallest absolute Gasteiger partial charge is 0.294 e. The van der Waals surface area contributed by atoms with Crippen molar-refractivity contribution in [1.29, 1.82) is 5.26 Å². The van der Waals surface area contributed by atoms with Crippen LogP contribution in [-0.2, 0) is 21.5 Å². The summed E-state index contributed by atoms with van der Waals surface area (Å²) >= 11 is 0. The molecule has 3 heterocycles. The number of hydrogen-bond acceptors (Lipinski definition) is 8. The molecular formula is C21H16N8O4S. The number of nitrogens with one attached hydrogen (secondary N) is 1. The van der Waals surface area contributed by atoms with E-state index in [0.717, 1.165) is 11.0 Å². The molecule has 2 aromatic carbocycles. The van der Waals surface area contributed by atoms with E-state index in [4.69, 9.17) is 4.74 Å². The van der Waals surface area contributed by atoms with Crippen LogP contribution in [0.2, 0.25) is 0 Å². The number of aromatic nitrogens is 5. The van der Waals surface area contributed by atoms with Gasteiger partial charge >= 0.3 is 0 Å². The number of methoxy groups -OCH3 is 1. The number of imidazole rings is 1. The number of hydrogen-bond donors (Lipinski definition) is 2. The Labute approximate surface area is 192 Å². The molecule has 0 saturated carbocycles. The van der Waals surface area contributed by atoms with Crippen molar-refractivity contribution in [1.82, 2.24) is 24.4 Å². The second-order valence-corrected chi connectivity index (χ2v) is 8.63. The molecule has 12 nitrogen and oxygen atoms in total. The molecule has 5 aromatic rings. The third-order valence-electron chi connectivity index (χ3n) is 5.08. The van der Waals surface area contributed by atoms with Crippen molar-refractivity contribution in [2.75, 3.05) is 7.11 Å². The summed E-state index contributed by atoms with van der Waals surface area (Å²) in [6.07, 6.45) is 1.33. The highest BCUT2D eigenvalue weighted by atomic mass is 32.2. The summed E-state index contributed by atoms with van der Waals surface area (Å²) in [5.74, 6) is 0.140. The van der Waals surface area contributed by atoms with Gasteiger partial charge in [-0.3, -0.25) is 9.65 Å². The second-order valence-electron chi connectivity index (χ2n) is 7.21. The third kappa shape index (κ3) is 3.61. The summed E-state index contributed by atoms with van der Waals surface area (Å²) < 4.78 is 40.3. The van der Waals surface area contributed by atoms with E-state index < -0.39 is 10.1 Å². The van der Waals surface area contributed by atoms with Gasteiger partial charge in [-0.2, -0.15) is 18.8 Å². The largest absolute Gasteiger partial charge is 0.378 e. The molecule has 0 amide bonds. The first-order chi connectivity index (χ1) is 16.4. The van der Waals surface area contributed by atoms with E-state index in [-0.39, 0.29) is 22.9 Å². The Morgan fingerprint density at radius 2 is 1.94 bits per heavy atom. The first-order valence-electron chi connectivity index (χ1n) is 9.85. The lowest BCUT2D eigenvalue weighted by molar-refractivity contribution is 0.181. The number of azo groups is 1. The number of nitriles is 1. The Morgan fingerprint density at radius 3 is 2.65 bits per heavy atom. The van der Waals surface area contributed by atoms with Crippen LogP contribution in [-0.4, -0.2) is 44.5 Å². The molecule has 0 bridgehead atoms. The SMILES string of the molecule is COCc1[nH]n2c(nc3ccccc32)c1N=Nc1c(C#N)cnn1-c1ccc(S(=O)(=O)O)cc1. The van der Waals surface area contributed by atoms with E-state index >= 15 is 0 Å². The zero-order chi connectivity index (χ0) is 23.9. The molecule has 3 aromatic heterocycles. The lowest BCUT2D eigenvalue weighted by Crippen LogP contribution is -2.00. The maximum atomic E-state index is 11.3. The molecule has 5 rings (SSSR count). The number of benzene rings is 2. The summed E-state index contributed by atoms with van der Waals surface area (Å²) in [5.41, 5.74) is 3.84. The summed E-state index contributed by atoms with van der Waals surface area (Å²) in [7, 11) is -2.78. The van der Waals surface area contributed by atoms with Gasteiger partial charge in [-0.15, -0.1) is 10.2 Å². The first kappa shape index (κ1) is 21.5. The number of fused-ring (bicyclic) bond motifs is 3. The Hall–Kier alpha value is -4.38. The zero-order valence-corrected chi connectivity index (χ0v) is 18.4. The van der Waals surface area contributed by atoms with E-state index in [1.807, 2.05) is 30.3 Å². The highest BCUT2D eigenvalue weighted by Gasteiger charge is 2.18. The molecule has 0 unspecified atom stereocenters. The molecular weight excluding hydrogens is 460 g/mol. The van der Waals surface area contributed by atoms with Crippen molar-refractivity contribution in [3.8, 4) is 11.8 Å². The average Bonchev–Trinajstić information content (AvgIpc) is 3.49. The molecule has 13 heteroatoms. The molecule has 0 atom stereocenters. The lowest BCUT2D eigenvalue weighted by atomic mass is 10.3. The number of aromatic amines is 1. The van der Waals surface area contributed by atoms with Gasteiger partial charge in [0.25, 0.3) is 10.1 Å². The maximum absolute atomic E-state index is 11.3. The second kappa shape index (κ2) is 8.19. The molecule has 0 aliphatic carbocycles. The molecule has 0 saturated heterocycles. The number of rotatable bonds is 6. The topological polar surface area (TPSA) is 163 Å². The Bertz CT molecular complexity index is 1710. The minimum Gasteiger partial charge on any atom is -0.378 e. The van der Waals surface area contributed by atoms with Crippen LogP contribution in [0.1, 0.15) is 11.3 Å². The Balaban J connectivity index is 1.62. The van der Waals surface area contributed by atoms with Gasteiger partial charge in [-0.05, 0) is 36.4 Å². The van der Waals surface area contributed by atoms with Crippen LogP contribution in [0, 0.1) is 11.3 Å². The van der Waals surface area contributed by atoms with Crippen molar-refractivity contribution < 1.29 is 17.7 Å². The van der Waals surface area contributed by atoms with Gasteiger partial charge in [0.05, 0.1) is 40.1 Å². The first-order valence-corrected chi connectivity index (χ1v) is 11.3. The van der Waals surface area contributed by atoms with Crippen LogP contribution in [0.3, 0.4) is 0 Å². The van der Waals surface area contributed by atoms with Crippen molar-refractivity contribution in [2.45, 2.75) is 11.5 Å². The maximum Gasteiger partial charge on any atom is 0.294 e. The summed E-state index contributed by atoms with van der Waals surface area (Å²) in [6, 6.07) is 14.9. The highest BCUT2D eigenvalue weighted by Crippen LogP contribution is 2.32. The summed E-state index contributed by atoms with van der Waals surface area (Å²) in [5, 5.41) is 25.6. The molecule has 0 aliphatic heterocycles. The van der Waals surface area contributed by atoms with Crippen molar-refractivity contribution >= 4 is 38.3 Å². The van der Waals surface area contributed by atoms with Crippen LogP contribution in [0.5, 0.6) is 0 Å². The van der Waals surface area contributed by atoms with Gasteiger partial charge in [0, 0.05) is 7.11 Å². The minimum atomic E-state index is -4.34. The fourth-order valence-corrected chi connectivity index (χ4v) is 4.01. The minimum absolute atomic E-state index is 0.140. The van der Waals surface area contributed by atoms with E-state index in [0.29, 0.717) is 22.7 Å². The van der Waals surface area contributed by atoms with Gasteiger partial charge in [0.2, 0.25) is 0 Å². The fraction of sp³-hybridized carbons (Fsp3) is 0.0952. The van der Waals surface area contributed by atoms with Crippen molar-refractivity contribution in [3.63, 3.8) is 0 Å². The number of para-hydroxylation sites is 2. The van der Waals surface area contributed by atoms with Crippen molar-refractivity contribution in [3.05, 3.63) is 66.0 Å². The van der Waals surface area contributed by atoms with Crippen LogP contribution in [0.15, 0.2) is 69.9 Å². The van der Waals surface area contributed by atoms with Crippen LogP contribution in [0.4, 0.5) is 11.5 Å². The molecule has 0 spiro atoms. The molecule has 170 valence electrons. The third-order valence-corrected chi connectivity index (χ3v) is 5.95. The van der Waals surface area contributed by atoms with Crippen LogP contribution < -0.4 is 0 Å². The summed E-state index contributed by atoms with van der Waals surface area (Å²) in [6.45, 7) is 0.230. The average molecular weight is 476 g/mol. The monoisotopic (exact) mass is 476 g/mol. The molecule has 0 radical (unpaired) electrons. The van der Waals surface area contributed by atoms with E-state index in [9.17, 15) is 18.2 Å². The number of ether oxygens (including phenoxy) is 1.